The standard InChI is InChI=1S/C22H25NO6/c1-2-27-20-15-16(21(24)23-12-6-9-18(23)22(25)26)10-11-19(20)29-14-13-28-17-7-4-3-5-8-17/h3-5,7-8,10-11,15,18H,2,6,9,12-14H2,1H3,(H,25,26). The number of ether oxygens (including phenoxy) is 3. The molecule has 1 saturated heterocycles. The highest BCUT2D eigenvalue weighted by Gasteiger charge is 2.34. The van der Waals surface area contributed by atoms with Crippen LogP contribution in [0.25, 0.3) is 0 Å². The molecule has 0 aromatic heterocycles. The number of rotatable bonds is 9. The maximum atomic E-state index is 12.8. The Bertz CT molecular complexity index is 838. The highest BCUT2D eigenvalue weighted by atomic mass is 16.5. The van der Waals surface area contributed by atoms with Crippen LogP contribution in [0.2, 0.25) is 0 Å². The van der Waals surface area contributed by atoms with Crippen molar-refractivity contribution in [2.45, 2.75) is 25.8 Å². The summed E-state index contributed by atoms with van der Waals surface area (Å²) in [7, 11) is 0. The molecular formula is C22H25NO6. The van der Waals surface area contributed by atoms with Gasteiger partial charge in [-0.1, -0.05) is 18.2 Å². The Balaban J connectivity index is 1.65. The number of hydrogen-bond donors (Lipinski definition) is 1. The second-order valence-corrected chi connectivity index (χ2v) is 6.60. The first-order valence-electron chi connectivity index (χ1n) is 9.71. The molecule has 1 amide bonds. The molecule has 0 bridgehead atoms. The van der Waals surface area contributed by atoms with E-state index in [2.05, 4.69) is 0 Å². The van der Waals surface area contributed by atoms with Crippen molar-refractivity contribution in [1.82, 2.24) is 4.90 Å². The number of amides is 1. The van der Waals surface area contributed by atoms with Crippen molar-refractivity contribution in [1.29, 1.82) is 0 Å². The van der Waals surface area contributed by atoms with E-state index in [-0.39, 0.29) is 5.91 Å². The van der Waals surface area contributed by atoms with Gasteiger partial charge in [0.25, 0.3) is 5.91 Å². The van der Waals surface area contributed by atoms with E-state index in [1.165, 1.54) is 4.90 Å². The minimum atomic E-state index is -0.973. The zero-order valence-corrected chi connectivity index (χ0v) is 16.4. The molecule has 1 aliphatic heterocycles. The Morgan fingerprint density at radius 2 is 1.79 bits per heavy atom. The van der Waals surface area contributed by atoms with Gasteiger partial charge in [0.2, 0.25) is 0 Å². The summed E-state index contributed by atoms with van der Waals surface area (Å²) in [5, 5.41) is 9.31. The quantitative estimate of drug-likeness (QED) is 0.652. The Kier molecular flexibility index (Phi) is 6.94. The first-order chi connectivity index (χ1) is 14.1. The molecule has 7 heteroatoms. The van der Waals surface area contributed by atoms with Gasteiger partial charge in [-0.2, -0.15) is 0 Å². The number of benzene rings is 2. The molecule has 1 heterocycles. The number of carboxylic acid groups (broad SMARTS) is 1. The largest absolute Gasteiger partial charge is 0.490 e. The summed E-state index contributed by atoms with van der Waals surface area (Å²) in [5.41, 5.74) is 0.384. The number of aliphatic carboxylic acids is 1. The highest BCUT2D eigenvalue weighted by Crippen LogP contribution is 2.30. The molecule has 7 nitrogen and oxygen atoms in total. The van der Waals surface area contributed by atoms with E-state index in [1.54, 1.807) is 18.2 Å². The minimum Gasteiger partial charge on any atom is -0.490 e. The number of para-hydroxylation sites is 1. The van der Waals surface area contributed by atoms with Gasteiger partial charge in [0.1, 0.15) is 25.0 Å². The molecule has 0 spiro atoms. The molecule has 0 radical (unpaired) electrons. The van der Waals surface area contributed by atoms with Crippen molar-refractivity contribution in [3.05, 3.63) is 54.1 Å². The molecule has 0 aliphatic carbocycles. The monoisotopic (exact) mass is 399 g/mol. The lowest BCUT2D eigenvalue weighted by Gasteiger charge is -2.22. The van der Waals surface area contributed by atoms with Crippen molar-refractivity contribution in [3.8, 4) is 17.2 Å². The normalized spacial score (nSPS) is 15.8. The van der Waals surface area contributed by atoms with E-state index in [0.717, 1.165) is 5.75 Å². The zero-order chi connectivity index (χ0) is 20.6. The summed E-state index contributed by atoms with van der Waals surface area (Å²) in [6, 6.07) is 13.6. The van der Waals surface area contributed by atoms with Gasteiger partial charge in [-0.05, 0) is 50.1 Å². The smallest absolute Gasteiger partial charge is 0.326 e. The van der Waals surface area contributed by atoms with E-state index in [0.29, 0.717) is 56.3 Å². The average Bonchev–Trinajstić information content (AvgIpc) is 3.23. The molecule has 1 atom stereocenters. The van der Waals surface area contributed by atoms with Crippen molar-refractivity contribution in [2.75, 3.05) is 26.4 Å². The van der Waals surface area contributed by atoms with Crippen LogP contribution < -0.4 is 14.2 Å². The third-order valence-electron chi connectivity index (χ3n) is 4.64. The fraction of sp³-hybridized carbons (Fsp3) is 0.364. The fourth-order valence-electron chi connectivity index (χ4n) is 3.29. The average molecular weight is 399 g/mol. The second kappa shape index (κ2) is 9.82. The molecule has 2 aromatic carbocycles. The summed E-state index contributed by atoms with van der Waals surface area (Å²) >= 11 is 0. The number of hydrogen-bond acceptors (Lipinski definition) is 5. The molecule has 29 heavy (non-hydrogen) atoms. The zero-order valence-electron chi connectivity index (χ0n) is 16.4. The lowest BCUT2D eigenvalue weighted by molar-refractivity contribution is -0.141. The Labute approximate surface area is 169 Å². The number of likely N-dealkylation sites (tertiary alicyclic amines) is 1. The number of carbonyl (C=O) groups is 2. The molecule has 3 rings (SSSR count). The molecule has 1 fully saturated rings. The van der Waals surface area contributed by atoms with Gasteiger partial charge in [-0.25, -0.2) is 4.79 Å². The summed E-state index contributed by atoms with van der Waals surface area (Å²) in [6.07, 6.45) is 1.16. The van der Waals surface area contributed by atoms with E-state index in [4.69, 9.17) is 14.2 Å². The lowest BCUT2D eigenvalue weighted by atomic mass is 10.1. The van der Waals surface area contributed by atoms with Crippen molar-refractivity contribution >= 4 is 11.9 Å². The van der Waals surface area contributed by atoms with Gasteiger partial charge in [-0.3, -0.25) is 4.79 Å². The van der Waals surface area contributed by atoms with E-state index in [9.17, 15) is 14.7 Å². The van der Waals surface area contributed by atoms with Crippen LogP contribution in [0, 0.1) is 0 Å². The third kappa shape index (κ3) is 5.19. The predicted molar refractivity (Wildman–Crippen MR) is 107 cm³/mol. The SMILES string of the molecule is CCOc1cc(C(=O)N2CCCC2C(=O)O)ccc1OCCOc1ccccc1. The van der Waals surface area contributed by atoms with Crippen LogP contribution in [0.1, 0.15) is 30.1 Å². The Morgan fingerprint density at radius 1 is 1.03 bits per heavy atom. The maximum absolute atomic E-state index is 12.8. The highest BCUT2D eigenvalue weighted by molar-refractivity contribution is 5.97. The van der Waals surface area contributed by atoms with Gasteiger partial charge >= 0.3 is 5.97 Å². The molecule has 1 aliphatic rings. The maximum Gasteiger partial charge on any atom is 0.326 e. The van der Waals surface area contributed by atoms with E-state index >= 15 is 0 Å². The van der Waals surface area contributed by atoms with Gasteiger partial charge in [0.05, 0.1) is 6.61 Å². The van der Waals surface area contributed by atoms with Crippen molar-refractivity contribution in [3.63, 3.8) is 0 Å². The van der Waals surface area contributed by atoms with Crippen LogP contribution >= 0.6 is 0 Å². The van der Waals surface area contributed by atoms with E-state index in [1.807, 2.05) is 37.3 Å². The van der Waals surface area contributed by atoms with Gasteiger partial charge < -0.3 is 24.2 Å². The Hall–Kier alpha value is -3.22. The van der Waals surface area contributed by atoms with Crippen molar-refractivity contribution < 1.29 is 28.9 Å². The minimum absolute atomic E-state index is 0.310. The number of nitrogens with zero attached hydrogens (tertiary/aromatic N) is 1. The topological polar surface area (TPSA) is 85.3 Å². The Morgan fingerprint density at radius 3 is 2.52 bits per heavy atom. The number of carboxylic acids is 1. The molecular weight excluding hydrogens is 374 g/mol. The molecule has 1 N–H and O–H groups in total. The summed E-state index contributed by atoms with van der Waals surface area (Å²) in [6.45, 7) is 3.38. The lowest BCUT2D eigenvalue weighted by Crippen LogP contribution is -2.40. The fourth-order valence-corrected chi connectivity index (χ4v) is 3.29. The van der Waals surface area contributed by atoms with Crippen LogP contribution in [-0.4, -0.2) is 54.3 Å². The van der Waals surface area contributed by atoms with Crippen LogP contribution in [0.3, 0.4) is 0 Å². The first kappa shape index (κ1) is 20.5. The van der Waals surface area contributed by atoms with Gasteiger partial charge in [-0.15, -0.1) is 0 Å². The molecule has 0 saturated carbocycles. The van der Waals surface area contributed by atoms with Crippen LogP contribution in [0.4, 0.5) is 0 Å². The summed E-state index contributed by atoms with van der Waals surface area (Å²) < 4.78 is 17.0. The summed E-state index contributed by atoms with van der Waals surface area (Å²) in [5.74, 6) is 0.440. The number of carbonyl (C=O) groups excluding carboxylic acids is 1. The summed E-state index contributed by atoms with van der Waals surface area (Å²) in [4.78, 5) is 25.6. The van der Waals surface area contributed by atoms with Crippen LogP contribution in [0.5, 0.6) is 17.2 Å². The second-order valence-electron chi connectivity index (χ2n) is 6.60. The van der Waals surface area contributed by atoms with Crippen LogP contribution in [0.15, 0.2) is 48.5 Å². The molecule has 1 unspecified atom stereocenters. The van der Waals surface area contributed by atoms with Gasteiger partial charge in [0, 0.05) is 12.1 Å². The van der Waals surface area contributed by atoms with Crippen LogP contribution in [-0.2, 0) is 4.79 Å². The predicted octanol–water partition coefficient (Wildman–Crippen LogP) is 3.23. The first-order valence-corrected chi connectivity index (χ1v) is 9.71. The molecule has 2 aromatic rings. The van der Waals surface area contributed by atoms with Crippen molar-refractivity contribution in [2.24, 2.45) is 0 Å². The van der Waals surface area contributed by atoms with Gasteiger partial charge in [0.15, 0.2) is 11.5 Å². The van der Waals surface area contributed by atoms with E-state index < -0.39 is 12.0 Å². The molecule has 154 valence electrons. The third-order valence-corrected chi connectivity index (χ3v) is 4.64.